The lowest BCUT2D eigenvalue weighted by atomic mass is 10.1. The van der Waals surface area contributed by atoms with Crippen LogP contribution in [0.15, 0.2) is 24.5 Å². The Hall–Kier alpha value is -2.84. The van der Waals surface area contributed by atoms with Crippen LogP contribution in [0.2, 0.25) is 0 Å². The summed E-state index contributed by atoms with van der Waals surface area (Å²) in [4.78, 5) is 27.3. The number of H-pyrrole nitrogens is 1. The van der Waals surface area contributed by atoms with Crippen molar-refractivity contribution in [2.45, 2.75) is 6.54 Å². The zero-order valence-corrected chi connectivity index (χ0v) is 10.4. The minimum Gasteiger partial charge on any atom is -0.334 e. The molecule has 1 amide bonds. The molecule has 20 heavy (non-hydrogen) atoms. The van der Waals surface area contributed by atoms with E-state index in [9.17, 15) is 19.3 Å². The topological polar surface area (TPSA) is 105 Å². The van der Waals surface area contributed by atoms with Crippen molar-refractivity contribution >= 4 is 11.6 Å². The van der Waals surface area contributed by atoms with Crippen molar-refractivity contribution in [1.82, 2.24) is 20.1 Å². The first-order chi connectivity index (χ1) is 9.49. The molecule has 0 bridgehead atoms. The van der Waals surface area contributed by atoms with Gasteiger partial charge in [0.25, 0.3) is 11.6 Å². The van der Waals surface area contributed by atoms with E-state index in [-0.39, 0.29) is 12.1 Å². The van der Waals surface area contributed by atoms with Gasteiger partial charge in [0.2, 0.25) is 0 Å². The van der Waals surface area contributed by atoms with Crippen LogP contribution in [0.4, 0.5) is 10.1 Å². The first-order valence-electron chi connectivity index (χ1n) is 5.52. The lowest BCUT2D eigenvalue weighted by Gasteiger charge is -2.15. The molecule has 0 fully saturated rings. The van der Waals surface area contributed by atoms with Gasteiger partial charge in [0.15, 0.2) is 0 Å². The van der Waals surface area contributed by atoms with E-state index in [2.05, 4.69) is 15.2 Å². The second kappa shape index (κ2) is 5.43. The molecule has 0 unspecified atom stereocenters. The number of carbonyl (C=O) groups excluding carboxylic acids is 1. The van der Waals surface area contributed by atoms with E-state index in [1.807, 2.05) is 0 Å². The zero-order chi connectivity index (χ0) is 14.7. The lowest BCUT2D eigenvalue weighted by Crippen LogP contribution is -2.27. The Morgan fingerprint density at radius 2 is 2.30 bits per heavy atom. The molecule has 0 aliphatic heterocycles. The number of carbonyl (C=O) groups is 1. The summed E-state index contributed by atoms with van der Waals surface area (Å²) in [7, 11) is 1.46. The van der Waals surface area contributed by atoms with E-state index in [1.165, 1.54) is 18.3 Å². The summed E-state index contributed by atoms with van der Waals surface area (Å²) in [6.07, 6.45) is 1.29. The quantitative estimate of drug-likeness (QED) is 0.667. The minimum absolute atomic E-state index is 0.105. The molecule has 0 radical (unpaired) electrons. The molecule has 0 saturated heterocycles. The predicted molar refractivity (Wildman–Crippen MR) is 65.2 cm³/mol. The average molecular weight is 279 g/mol. The number of halogens is 1. The second-order valence-electron chi connectivity index (χ2n) is 4.01. The molecule has 1 heterocycles. The van der Waals surface area contributed by atoms with Gasteiger partial charge >= 0.3 is 0 Å². The Bertz CT molecular complexity index is 644. The predicted octanol–water partition coefficient (Wildman–Crippen LogP) is 1.12. The second-order valence-corrected chi connectivity index (χ2v) is 4.01. The van der Waals surface area contributed by atoms with Gasteiger partial charge in [-0.25, -0.2) is 9.37 Å². The summed E-state index contributed by atoms with van der Waals surface area (Å²) < 4.78 is 13.0. The van der Waals surface area contributed by atoms with E-state index in [4.69, 9.17) is 0 Å². The third-order valence-electron chi connectivity index (χ3n) is 2.59. The Morgan fingerprint density at radius 1 is 1.55 bits per heavy atom. The smallest absolute Gasteiger partial charge is 0.285 e. The van der Waals surface area contributed by atoms with Crippen molar-refractivity contribution in [3.05, 3.63) is 51.8 Å². The lowest BCUT2D eigenvalue weighted by molar-refractivity contribution is -0.385. The number of nitrogens with one attached hydrogen (secondary N) is 1. The maximum Gasteiger partial charge on any atom is 0.285 e. The van der Waals surface area contributed by atoms with Crippen LogP contribution < -0.4 is 0 Å². The van der Waals surface area contributed by atoms with Crippen molar-refractivity contribution in [3.63, 3.8) is 0 Å². The number of aromatic amines is 1. The van der Waals surface area contributed by atoms with Gasteiger partial charge in [-0.3, -0.25) is 20.0 Å². The standard InChI is InChI=1S/C11H10FN5O3/c1-16(5-10-13-6-14-15-10)11(18)8-3-2-7(12)4-9(8)17(19)20/h2-4,6H,5H2,1H3,(H,13,14,15). The Balaban J connectivity index is 2.26. The van der Waals surface area contributed by atoms with Crippen LogP contribution in [0, 0.1) is 15.9 Å². The van der Waals surface area contributed by atoms with Crippen LogP contribution in [0.3, 0.4) is 0 Å². The molecule has 1 aromatic heterocycles. The molecule has 2 rings (SSSR count). The third kappa shape index (κ3) is 2.76. The van der Waals surface area contributed by atoms with Crippen LogP contribution in [0.25, 0.3) is 0 Å². The van der Waals surface area contributed by atoms with E-state index in [1.54, 1.807) is 0 Å². The van der Waals surface area contributed by atoms with Crippen molar-refractivity contribution < 1.29 is 14.1 Å². The Labute approximate surface area is 112 Å². The van der Waals surface area contributed by atoms with E-state index in [0.29, 0.717) is 5.82 Å². The number of benzene rings is 1. The number of aromatic nitrogens is 3. The third-order valence-corrected chi connectivity index (χ3v) is 2.59. The molecule has 0 atom stereocenters. The van der Waals surface area contributed by atoms with E-state index in [0.717, 1.165) is 18.2 Å². The van der Waals surface area contributed by atoms with Gasteiger partial charge in [-0.2, -0.15) is 5.10 Å². The Kier molecular flexibility index (Phi) is 3.69. The SMILES string of the molecule is CN(Cc1ncn[nH]1)C(=O)c1ccc(F)cc1[N+](=O)[O-]. The molecular weight excluding hydrogens is 269 g/mol. The zero-order valence-electron chi connectivity index (χ0n) is 10.4. The number of nitro groups is 1. The first-order valence-corrected chi connectivity index (χ1v) is 5.52. The highest BCUT2D eigenvalue weighted by atomic mass is 19.1. The number of nitrogens with zero attached hydrogens (tertiary/aromatic N) is 4. The van der Waals surface area contributed by atoms with E-state index < -0.39 is 22.3 Å². The molecule has 2 aromatic rings. The van der Waals surface area contributed by atoms with Crippen LogP contribution >= 0.6 is 0 Å². The molecule has 1 aromatic carbocycles. The highest BCUT2D eigenvalue weighted by Crippen LogP contribution is 2.21. The van der Waals surface area contributed by atoms with Crippen LogP contribution in [0.1, 0.15) is 16.2 Å². The van der Waals surface area contributed by atoms with Crippen molar-refractivity contribution in [2.24, 2.45) is 0 Å². The molecule has 8 nitrogen and oxygen atoms in total. The maximum absolute atomic E-state index is 13.0. The van der Waals surface area contributed by atoms with Gasteiger partial charge in [0.05, 0.1) is 17.5 Å². The minimum atomic E-state index is -0.793. The van der Waals surface area contributed by atoms with Gasteiger partial charge < -0.3 is 4.90 Å². The van der Waals surface area contributed by atoms with Crippen LogP contribution in [-0.2, 0) is 6.54 Å². The van der Waals surface area contributed by atoms with Crippen molar-refractivity contribution in [2.75, 3.05) is 7.05 Å². The molecule has 1 N–H and O–H groups in total. The average Bonchev–Trinajstić information content (AvgIpc) is 2.90. The monoisotopic (exact) mass is 279 g/mol. The number of hydrogen-bond acceptors (Lipinski definition) is 5. The molecular formula is C11H10FN5O3. The number of nitro benzene ring substituents is 1. The highest BCUT2D eigenvalue weighted by Gasteiger charge is 2.24. The van der Waals surface area contributed by atoms with E-state index >= 15 is 0 Å². The molecule has 0 saturated carbocycles. The van der Waals surface area contributed by atoms with Gasteiger partial charge in [0, 0.05) is 7.05 Å². The fourth-order valence-corrected chi connectivity index (χ4v) is 1.65. The largest absolute Gasteiger partial charge is 0.334 e. The van der Waals surface area contributed by atoms with Gasteiger partial charge in [-0.1, -0.05) is 0 Å². The van der Waals surface area contributed by atoms with Gasteiger partial charge in [0.1, 0.15) is 23.5 Å². The van der Waals surface area contributed by atoms with Crippen molar-refractivity contribution in [3.8, 4) is 0 Å². The van der Waals surface area contributed by atoms with Gasteiger partial charge in [-0.15, -0.1) is 0 Å². The molecule has 9 heteroatoms. The summed E-state index contributed by atoms with van der Waals surface area (Å²) in [6.45, 7) is 0.105. The number of amides is 1. The maximum atomic E-state index is 13.0. The Morgan fingerprint density at radius 3 is 2.90 bits per heavy atom. The highest BCUT2D eigenvalue weighted by molar-refractivity contribution is 5.97. The number of hydrogen-bond donors (Lipinski definition) is 1. The van der Waals surface area contributed by atoms with Crippen LogP contribution in [0.5, 0.6) is 0 Å². The summed E-state index contributed by atoms with van der Waals surface area (Å²) in [5.74, 6) is -0.940. The molecule has 0 spiro atoms. The van der Waals surface area contributed by atoms with Crippen molar-refractivity contribution in [1.29, 1.82) is 0 Å². The fraction of sp³-hybridized carbons (Fsp3) is 0.182. The molecule has 104 valence electrons. The van der Waals surface area contributed by atoms with Gasteiger partial charge in [-0.05, 0) is 12.1 Å². The van der Waals surface area contributed by atoms with Crippen LogP contribution in [-0.4, -0.2) is 38.0 Å². The molecule has 0 aliphatic carbocycles. The summed E-state index contributed by atoms with van der Waals surface area (Å²) >= 11 is 0. The fourth-order valence-electron chi connectivity index (χ4n) is 1.65. The first kappa shape index (κ1) is 13.6. The normalized spacial score (nSPS) is 10.3. The summed E-state index contributed by atoms with van der Waals surface area (Å²) in [5, 5.41) is 17.1. The summed E-state index contributed by atoms with van der Waals surface area (Å²) in [6, 6.07) is 2.81. The number of rotatable bonds is 4. The summed E-state index contributed by atoms with van der Waals surface area (Å²) in [5.41, 5.74) is -0.752. The molecule has 0 aliphatic rings.